The van der Waals surface area contributed by atoms with Crippen LogP contribution in [0.3, 0.4) is 0 Å². The van der Waals surface area contributed by atoms with Crippen molar-refractivity contribution in [2.75, 3.05) is 13.4 Å². The number of hydrogen-bond acceptors (Lipinski definition) is 5. The van der Waals surface area contributed by atoms with Gasteiger partial charge < -0.3 is 19.2 Å². The van der Waals surface area contributed by atoms with Crippen molar-refractivity contribution < 1.29 is 19.0 Å². The molecule has 3 aromatic rings. The largest absolute Gasteiger partial charge is 0.462 e. The van der Waals surface area contributed by atoms with Crippen molar-refractivity contribution in [3.8, 4) is 22.9 Å². The number of aromatic nitrogens is 2. The van der Waals surface area contributed by atoms with Crippen LogP contribution in [0.5, 0.6) is 11.5 Å². The van der Waals surface area contributed by atoms with Gasteiger partial charge in [0.1, 0.15) is 5.82 Å². The number of hydrogen-bond donors (Lipinski definition) is 1. The van der Waals surface area contributed by atoms with Crippen LogP contribution in [0.25, 0.3) is 22.4 Å². The van der Waals surface area contributed by atoms with E-state index in [1.807, 2.05) is 18.2 Å². The van der Waals surface area contributed by atoms with Gasteiger partial charge in [0.2, 0.25) is 6.79 Å². The molecule has 2 heterocycles. The van der Waals surface area contributed by atoms with E-state index in [1.165, 1.54) is 0 Å². The molecule has 1 N–H and O–H groups in total. The van der Waals surface area contributed by atoms with Gasteiger partial charge in [-0.2, -0.15) is 0 Å². The number of nitrogens with one attached hydrogen (secondary N) is 1. The topological polar surface area (TPSA) is 73.4 Å². The molecule has 2 aromatic carbocycles. The van der Waals surface area contributed by atoms with E-state index in [-0.39, 0.29) is 12.8 Å². The van der Waals surface area contributed by atoms with Gasteiger partial charge in [-0.15, -0.1) is 0 Å². The van der Waals surface area contributed by atoms with Crippen LogP contribution in [-0.2, 0) is 4.74 Å². The second-order valence-electron chi connectivity index (χ2n) is 5.11. The Balaban J connectivity index is 1.72. The van der Waals surface area contributed by atoms with Gasteiger partial charge in [0.05, 0.1) is 23.2 Å². The Hall–Kier alpha value is -3.02. The minimum absolute atomic E-state index is 0.238. The fraction of sp³-hybridized carbons (Fsp3) is 0.176. The summed E-state index contributed by atoms with van der Waals surface area (Å²) < 4.78 is 15.7. The molecule has 0 unspecified atom stereocenters. The molecule has 0 amide bonds. The number of H-pyrrole nitrogens is 1. The third-order valence-corrected chi connectivity index (χ3v) is 3.64. The molecule has 0 fully saturated rings. The highest BCUT2D eigenvalue weighted by Crippen LogP contribution is 2.35. The van der Waals surface area contributed by atoms with Crippen molar-refractivity contribution in [2.45, 2.75) is 6.92 Å². The average Bonchev–Trinajstić information content (AvgIpc) is 3.19. The highest BCUT2D eigenvalue weighted by molar-refractivity contribution is 5.94. The second-order valence-corrected chi connectivity index (χ2v) is 5.11. The highest BCUT2D eigenvalue weighted by atomic mass is 16.7. The maximum Gasteiger partial charge on any atom is 0.338 e. The van der Waals surface area contributed by atoms with Crippen LogP contribution in [0.2, 0.25) is 0 Å². The molecular weight excluding hydrogens is 296 g/mol. The fourth-order valence-electron chi connectivity index (χ4n) is 2.53. The first-order valence-electron chi connectivity index (χ1n) is 7.31. The summed E-state index contributed by atoms with van der Waals surface area (Å²) >= 11 is 0. The van der Waals surface area contributed by atoms with Crippen molar-refractivity contribution in [3.05, 3.63) is 42.0 Å². The van der Waals surface area contributed by atoms with Crippen molar-refractivity contribution in [1.82, 2.24) is 9.97 Å². The van der Waals surface area contributed by atoms with Gasteiger partial charge >= 0.3 is 5.97 Å². The standard InChI is InChI=1S/C17H14N2O4/c1-2-21-17(20)11-3-5-12-13(7-11)19-16(18-12)10-4-6-14-15(8-10)23-9-22-14/h3-8H,2,9H2,1H3,(H,18,19). The van der Waals surface area contributed by atoms with Crippen molar-refractivity contribution >= 4 is 17.0 Å². The monoisotopic (exact) mass is 310 g/mol. The van der Waals surface area contributed by atoms with Crippen LogP contribution in [0.4, 0.5) is 0 Å². The van der Waals surface area contributed by atoms with Gasteiger partial charge in [-0.25, -0.2) is 9.78 Å². The number of benzene rings is 2. The Morgan fingerprint density at radius 2 is 2.09 bits per heavy atom. The number of imidazole rings is 1. The van der Waals surface area contributed by atoms with E-state index in [0.717, 1.165) is 22.3 Å². The minimum Gasteiger partial charge on any atom is -0.462 e. The minimum atomic E-state index is -0.339. The zero-order valence-corrected chi connectivity index (χ0v) is 12.5. The van der Waals surface area contributed by atoms with Crippen LogP contribution < -0.4 is 9.47 Å². The summed E-state index contributed by atoms with van der Waals surface area (Å²) in [5.41, 5.74) is 2.96. The molecule has 1 aliphatic heterocycles. The summed E-state index contributed by atoms with van der Waals surface area (Å²) in [4.78, 5) is 19.6. The summed E-state index contributed by atoms with van der Waals surface area (Å²) in [5.74, 6) is 1.80. The molecule has 0 atom stereocenters. The first kappa shape index (κ1) is 13.6. The zero-order chi connectivity index (χ0) is 15.8. The third kappa shape index (κ3) is 2.38. The highest BCUT2D eigenvalue weighted by Gasteiger charge is 2.16. The average molecular weight is 310 g/mol. The molecule has 0 spiro atoms. The quantitative estimate of drug-likeness (QED) is 0.752. The summed E-state index contributed by atoms with van der Waals surface area (Å²) in [6.45, 7) is 2.37. The molecule has 0 radical (unpaired) electrons. The van der Waals surface area contributed by atoms with E-state index in [2.05, 4.69) is 9.97 Å². The van der Waals surface area contributed by atoms with Crippen LogP contribution in [0.1, 0.15) is 17.3 Å². The van der Waals surface area contributed by atoms with Crippen molar-refractivity contribution in [2.24, 2.45) is 0 Å². The number of esters is 1. The Morgan fingerprint density at radius 1 is 1.22 bits per heavy atom. The molecule has 1 aromatic heterocycles. The SMILES string of the molecule is CCOC(=O)c1ccc2nc(-c3ccc4c(c3)OCO4)[nH]c2c1. The lowest BCUT2D eigenvalue weighted by Crippen LogP contribution is -2.04. The number of carbonyl (C=O) groups excluding carboxylic acids is 1. The van der Waals surface area contributed by atoms with Crippen LogP contribution in [-0.4, -0.2) is 29.3 Å². The number of rotatable bonds is 3. The number of ether oxygens (including phenoxy) is 3. The summed E-state index contributed by atoms with van der Waals surface area (Å²) in [5, 5.41) is 0. The van der Waals surface area contributed by atoms with Gasteiger partial charge in [0.15, 0.2) is 11.5 Å². The first-order chi connectivity index (χ1) is 11.2. The molecular formula is C17H14N2O4. The smallest absolute Gasteiger partial charge is 0.338 e. The molecule has 116 valence electrons. The molecule has 0 saturated heterocycles. The summed E-state index contributed by atoms with van der Waals surface area (Å²) in [6.07, 6.45) is 0. The predicted octanol–water partition coefficient (Wildman–Crippen LogP) is 3.14. The molecule has 0 saturated carbocycles. The van der Waals surface area contributed by atoms with Crippen LogP contribution in [0.15, 0.2) is 36.4 Å². The maximum absolute atomic E-state index is 11.8. The fourth-order valence-corrected chi connectivity index (χ4v) is 2.53. The molecule has 0 aliphatic carbocycles. The van der Waals surface area contributed by atoms with E-state index in [0.29, 0.717) is 23.7 Å². The van der Waals surface area contributed by atoms with Crippen LogP contribution in [0, 0.1) is 0 Å². The Morgan fingerprint density at radius 3 is 2.96 bits per heavy atom. The van der Waals surface area contributed by atoms with Gasteiger partial charge in [-0.05, 0) is 43.3 Å². The maximum atomic E-state index is 11.8. The van der Waals surface area contributed by atoms with Gasteiger partial charge in [-0.3, -0.25) is 0 Å². The van der Waals surface area contributed by atoms with Gasteiger partial charge in [-0.1, -0.05) is 0 Å². The van der Waals surface area contributed by atoms with E-state index >= 15 is 0 Å². The Bertz CT molecular complexity index is 901. The van der Waals surface area contributed by atoms with Gasteiger partial charge in [0.25, 0.3) is 0 Å². The lowest BCUT2D eigenvalue weighted by Gasteiger charge is -2.00. The van der Waals surface area contributed by atoms with E-state index in [1.54, 1.807) is 25.1 Å². The molecule has 1 aliphatic rings. The molecule has 23 heavy (non-hydrogen) atoms. The lowest BCUT2D eigenvalue weighted by atomic mass is 10.2. The first-order valence-corrected chi connectivity index (χ1v) is 7.31. The Labute approximate surface area is 132 Å². The number of nitrogens with zero attached hydrogens (tertiary/aromatic N) is 1. The second kappa shape index (κ2) is 5.31. The van der Waals surface area contributed by atoms with Gasteiger partial charge in [0, 0.05) is 5.56 Å². The van der Waals surface area contributed by atoms with E-state index in [4.69, 9.17) is 14.2 Å². The zero-order valence-electron chi connectivity index (χ0n) is 12.5. The Kier molecular flexibility index (Phi) is 3.15. The van der Waals surface area contributed by atoms with E-state index < -0.39 is 0 Å². The third-order valence-electron chi connectivity index (χ3n) is 3.64. The van der Waals surface area contributed by atoms with Crippen molar-refractivity contribution in [3.63, 3.8) is 0 Å². The molecule has 6 heteroatoms. The van der Waals surface area contributed by atoms with E-state index in [9.17, 15) is 4.79 Å². The van der Waals surface area contributed by atoms with Crippen LogP contribution >= 0.6 is 0 Å². The normalized spacial score (nSPS) is 12.6. The number of aromatic amines is 1. The predicted molar refractivity (Wildman–Crippen MR) is 83.6 cm³/mol. The molecule has 4 rings (SSSR count). The number of fused-ring (bicyclic) bond motifs is 2. The lowest BCUT2D eigenvalue weighted by molar-refractivity contribution is 0.0526. The summed E-state index contributed by atoms with van der Waals surface area (Å²) in [7, 11) is 0. The molecule has 6 nitrogen and oxygen atoms in total. The molecule has 0 bridgehead atoms. The summed E-state index contributed by atoms with van der Waals surface area (Å²) in [6, 6.07) is 10.9. The van der Waals surface area contributed by atoms with Crippen molar-refractivity contribution in [1.29, 1.82) is 0 Å². The number of carbonyl (C=O) groups is 1.